The maximum atomic E-state index is 12.1. The number of nitrogens with one attached hydrogen (secondary N) is 1. The first-order valence-corrected chi connectivity index (χ1v) is 8.28. The van der Waals surface area contributed by atoms with Gasteiger partial charge in [0.25, 0.3) is 0 Å². The van der Waals surface area contributed by atoms with Gasteiger partial charge in [-0.3, -0.25) is 9.78 Å². The Bertz CT molecular complexity index is 632. The molecule has 0 aliphatic rings. The molecule has 0 saturated heterocycles. The highest BCUT2D eigenvalue weighted by atomic mass is 16.5. The Labute approximate surface area is 143 Å². The Hall–Kier alpha value is -2.40. The molecular weight excluding hydrogens is 302 g/mol. The first-order chi connectivity index (χ1) is 11.7. The monoisotopic (exact) mass is 327 g/mol. The molecule has 1 heterocycles. The molecule has 2 aromatic rings. The molecule has 5 nitrogen and oxygen atoms in total. The van der Waals surface area contributed by atoms with Crippen LogP contribution < -0.4 is 10.1 Å². The van der Waals surface area contributed by atoms with Crippen molar-refractivity contribution in [3.8, 4) is 5.75 Å². The van der Waals surface area contributed by atoms with Crippen molar-refractivity contribution in [1.29, 1.82) is 0 Å². The van der Waals surface area contributed by atoms with Crippen LogP contribution in [0, 0.1) is 0 Å². The van der Waals surface area contributed by atoms with E-state index in [1.54, 1.807) is 12.4 Å². The fourth-order valence-corrected chi connectivity index (χ4v) is 2.34. The molecule has 1 N–H and O–H groups in total. The zero-order chi connectivity index (χ0) is 17.2. The van der Waals surface area contributed by atoms with Gasteiger partial charge in [-0.05, 0) is 50.2 Å². The summed E-state index contributed by atoms with van der Waals surface area (Å²) in [5.41, 5.74) is 1.98. The standard InChI is InChI=1S/C19H25N3O2/c1-3-24-18-7-5-4-6-17(18)21-19(23)11-15-22(2)14-10-16-8-12-20-13-9-16/h4-9,12-13H,3,10-11,14-15H2,1-2H3,(H,21,23). The lowest BCUT2D eigenvalue weighted by Crippen LogP contribution is -2.26. The SMILES string of the molecule is CCOc1ccccc1NC(=O)CCN(C)CCc1ccncc1. The summed E-state index contributed by atoms with van der Waals surface area (Å²) in [6, 6.07) is 11.5. The van der Waals surface area contributed by atoms with Gasteiger partial charge in [-0.1, -0.05) is 12.1 Å². The van der Waals surface area contributed by atoms with E-state index >= 15 is 0 Å². The van der Waals surface area contributed by atoms with Crippen molar-refractivity contribution >= 4 is 11.6 Å². The highest BCUT2D eigenvalue weighted by Crippen LogP contribution is 2.23. The van der Waals surface area contributed by atoms with E-state index in [0.717, 1.165) is 18.7 Å². The van der Waals surface area contributed by atoms with Crippen LogP contribution in [0.5, 0.6) is 5.75 Å². The second-order valence-electron chi connectivity index (χ2n) is 5.64. The summed E-state index contributed by atoms with van der Waals surface area (Å²) in [5, 5.41) is 2.93. The highest BCUT2D eigenvalue weighted by Gasteiger charge is 2.08. The minimum Gasteiger partial charge on any atom is -0.492 e. The lowest BCUT2D eigenvalue weighted by atomic mass is 10.2. The number of anilines is 1. The number of hydrogen-bond donors (Lipinski definition) is 1. The van der Waals surface area contributed by atoms with E-state index in [4.69, 9.17) is 4.74 Å². The van der Waals surface area contributed by atoms with Crippen molar-refractivity contribution in [3.63, 3.8) is 0 Å². The Balaban J connectivity index is 1.74. The second-order valence-corrected chi connectivity index (χ2v) is 5.64. The molecule has 0 bridgehead atoms. The molecule has 24 heavy (non-hydrogen) atoms. The molecule has 0 saturated carbocycles. The van der Waals surface area contributed by atoms with Crippen molar-refractivity contribution < 1.29 is 9.53 Å². The van der Waals surface area contributed by atoms with Crippen LogP contribution in [-0.2, 0) is 11.2 Å². The minimum atomic E-state index is -0.00193. The average Bonchev–Trinajstić information content (AvgIpc) is 2.61. The molecule has 0 atom stereocenters. The van der Waals surface area contributed by atoms with Crippen LogP contribution in [0.2, 0.25) is 0 Å². The first kappa shape index (κ1) is 17.9. The first-order valence-electron chi connectivity index (χ1n) is 8.28. The van der Waals surface area contributed by atoms with E-state index < -0.39 is 0 Å². The van der Waals surface area contributed by atoms with Gasteiger partial charge in [0.15, 0.2) is 0 Å². The Morgan fingerprint density at radius 3 is 2.67 bits per heavy atom. The lowest BCUT2D eigenvalue weighted by Gasteiger charge is -2.17. The summed E-state index contributed by atoms with van der Waals surface area (Å²) in [7, 11) is 2.03. The number of pyridine rings is 1. The van der Waals surface area contributed by atoms with Gasteiger partial charge in [-0.25, -0.2) is 0 Å². The molecule has 128 valence electrons. The fraction of sp³-hybridized carbons (Fsp3) is 0.368. The Morgan fingerprint density at radius 1 is 1.17 bits per heavy atom. The van der Waals surface area contributed by atoms with Crippen molar-refractivity contribution in [2.24, 2.45) is 0 Å². The highest BCUT2D eigenvalue weighted by molar-refractivity contribution is 5.92. The van der Waals surface area contributed by atoms with Crippen LogP contribution in [0.25, 0.3) is 0 Å². The number of ether oxygens (including phenoxy) is 1. The normalized spacial score (nSPS) is 10.6. The van der Waals surface area contributed by atoms with Crippen LogP contribution in [0.3, 0.4) is 0 Å². The van der Waals surface area contributed by atoms with Crippen molar-refractivity contribution in [2.45, 2.75) is 19.8 Å². The average molecular weight is 327 g/mol. The van der Waals surface area contributed by atoms with Gasteiger partial charge in [-0.15, -0.1) is 0 Å². The van der Waals surface area contributed by atoms with Gasteiger partial charge in [-0.2, -0.15) is 0 Å². The smallest absolute Gasteiger partial charge is 0.225 e. The maximum absolute atomic E-state index is 12.1. The number of benzene rings is 1. The molecule has 1 amide bonds. The lowest BCUT2D eigenvalue weighted by molar-refractivity contribution is -0.116. The molecule has 1 aromatic carbocycles. The van der Waals surface area contributed by atoms with Crippen LogP contribution in [0.4, 0.5) is 5.69 Å². The van der Waals surface area contributed by atoms with E-state index in [0.29, 0.717) is 25.3 Å². The molecule has 0 aliphatic heterocycles. The van der Waals surface area contributed by atoms with Crippen LogP contribution in [-0.4, -0.2) is 42.5 Å². The molecular formula is C19H25N3O2. The number of carbonyl (C=O) groups excluding carboxylic acids is 1. The van der Waals surface area contributed by atoms with Gasteiger partial charge in [0.2, 0.25) is 5.91 Å². The Morgan fingerprint density at radius 2 is 1.92 bits per heavy atom. The molecule has 5 heteroatoms. The summed E-state index contributed by atoms with van der Waals surface area (Å²) >= 11 is 0. The molecule has 0 spiro atoms. The van der Waals surface area contributed by atoms with E-state index in [1.165, 1.54) is 5.56 Å². The van der Waals surface area contributed by atoms with Crippen LogP contribution in [0.15, 0.2) is 48.8 Å². The second kappa shape index (κ2) is 9.67. The van der Waals surface area contributed by atoms with E-state index in [-0.39, 0.29) is 5.91 Å². The largest absolute Gasteiger partial charge is 0.492 e. The number of para-hydroxylation sites is 2. The van der Waals surface area contributed by atoms with Gasteiger partial charge < -0.3 is 15.0 Å². The molecule has 0 aliphatic carbocycles. The van der Waals surface area contributed by atoms with E-state index in [2.05, 4.69) is 15.2 Å². The molecule has 0 fully saturated rings. The molecule has 0 unspecified atom stereocenters. The zero-order valence-electron chi connectivity index (χ0n) is 14.4. The van der Waals surface area contributed by atoms with E-state index in [1.807, 2.05) is 50.4 Å². The van der Waals surface area contributed by atoms with Crippen LogP contribution in [0.1, 0.15) is 18.9 Å². The third-order valence-electron chi connectivity index (χ3n) is 3.71. The Kier molecular flexibility index (Phi) is 7.23. The van der Waals surface area contributed by atoms with Gasteiger partial charge in [0.1, 0.15) is 5.75 Å². The van der Waals surface area contributed by atoms with E-state index in [9.17, 15) is 4.79 Å². The van der Waals surface area contributed by atoms with Gasteiger partial charge in [0, 0.05) is 31.9 Å². The predicted octanol–water partition coefficient (Wildman–Crippen LogP) is 2.98. The molecule has 1 aromatic heterocycles. The number of carbonyl (C=O) groups is 1. The molecule has 2 rings (SSSR count). The van der Waals surface area contributed by atoms with Crippen molar-refractivity contribution in [2.75, 3.05) is 32.1 Å². The quantitative estimate of drug-likeness (QED) is 0.769. The van der Waals surface area contributed by atoms with Crippen molar-refractivity contribution in [1.82, 2.24) is 9.88 Å². The number of amides is 1. The van der Waals surface area contributed by atoms with Crippen LogP contribution >= 0.6 is 0 Å². The third-order valence-corrected chi connectivity index (χ3v) is 3.71. The fourth-order valence-electron chi connectivity index (χ4n) is 2.34. The number of hydrogen-bond acceptors (Lipinski definition) is 4. The minimum absolute atomic E-state index is 0.00193. The van der Waals surface area contributed by atoms with Crippen molar-refractivity contribution in [3.05, 3.63) is 54.4 Å². The van der Waals surface area contributed by atoms with Gasteiger partial charge >= 0.3 is 0 Å². The summed E-state index contributed by atoms with van der Waals surface area (Å²) in [6.45, 7) is 4.13. The summed E-state index contributed by atoms with van der Waals surface area (Å²) in [5.74, 6) is 0.706. The zero-order valence-corrected chi connectivity index (χ0v) is 14.4. The van der Waals surface area contributed by atoms with Gasteiger partial charge in [0.05, 0.1) is 12.3 Å². The summed E-state index contributed by atoms with van der Waals surface area (Å²) in [6.07, 6.45) is 5.01. The summed E-state index contributed by atoms with van der Waals surface area (Å²) in [4.78, 5) is 18.3. The number of likely N-dealkylation sites (N-methyl/N-ethyl adjacent to an activating group) is 1. The number of nitrogens with zero attached hydrogens (tertiary/aromatic N) is 2. The predicted molar refractivity (Wildman–Crippen MR) is 96.3 cm³/mol. The number of aromatic nitrogens is 1. The summed E-state index contributed by atoms with van der Waals surface area (Å²) < 4.78 is 5.52. The number of rotatable bonds is 9. The third kappa shape index (κ3) is 6.01. The molecule has 0 radical (unpaired) electrons. The maximum Gasteiger partial charge on any atom is 0.225 e. The topological polar surface area (TPSA) is 54.5 Å².